The van der Waals surface area contributed by atoms with Crippen LogP contribution >= 0.6 is 0 Å². The van der Waals surface area contributed by atoms with Crippen molar-refractivity contribution in [1.29, 1.82) is 0 Å². The van der Waals surface area contributed by atoms with E-state index in [0.29, 0.717) is 17.9 Å². The molecule has 2 aliphatic rings. The van der Waals surface area contributed by atoms with E-state index in [1.165, 1.54) is 19.1 Å². The molecule has 9 heteroatoms. The number of urea groups is 1. The number of likely N-dealkylation sites (N-methyl/N-ethyl adjacent to an activating group) is 1. The first-order valence-electron chi connectivity index (χ1n) is 10.1. The summed E-state index contributed by atoms with van der Waals surface area (Å²) in [6, 6.07) is 6.32. The van der Waals surface area contributed by atoms with Crippen LogP contribution in [0.25, 0.3) is 0 Å². The summed E-state index contributed by atoms with van der Waals surface area (Å²) in [5, 5.41) is 5.52. The minimum absolute atomic E-state index is 0.0224. The van der Waals surface area contributed by atoms with E-state index in [2.05, 4.69) is 10.6 Å². The molecule has 1 saturated carbocycles. The van der Waals surface area contributed by atoms with E-state index in [4.69, 9.17) is 4.74 Å². The highest BCUT2D eigenvalue weighted by Gasteiger charge is 2.55. The number of carbonyl (C=O) groups is 4. The molecule has 30 heavy (non-hydrogen) atoms. The molecule has 3 rings (SSSR count). The molecule has 9 nitrogen and oxygen atoms in total. The topological polar surface area (TPSA) is 108 Å². The van der Waals surface area contributed by atoms with Crippen molar-refractivity contribution in [2.24, 2.45) is 5.92 Å². The summed E-state index contributed by atoms with van der Waals surface area (Å²) in [6.07, 6.45) is 3.33. The van der Waals surface area contributed by atoms with Gasteiger partial charge >= 0.3 is 6.03 Å². The van der Waals surface area contributed by atoms with Gasteiger partial charge in [0, 0.05) is 18.8 Å². The predicted molar refractivity (Wildman–Crippen MR) is 110 cm³/mol. The van der Waals surface area contributed by atoms with Gasteiger partial charge < -0.3 is 20.3 Å². The summed E-state index contributed by atoms with van der Waals surface area (Å²) in [7, 11) is 2.99. The number of anilines is 1. The molecule has 162 valence electrons. The normalized spacial score (nSPS) is 23.3. The van der Waals surface area contributed by atoms with Crippen LogP contribution in [0.1, 0.15) is 32.6 Å². The van der Waals surface area contributed by atoms with Crippen molar-refractivity contribution in [3.63, 3.8) is 0 Å². The molecule has 1 aliphatic heterocycles. The van der Waals surface area contributed by atoms with E-state index >= 15 is 0 Å². The van der Waals surface area contributed by atoms with Crippen LogP contribution < -0.4 is 15.4 Å². The molecule has 5 amide bonds. The number of methoxy groups -OCH3 is 1. The lowest BCUT2D eigenvalue weighted by atomic mass is 9.73. The van der Waals surface area contributed by atoms with E-state index < -0.39 is 23.4 Å². The summed E-state index contributed by atoms with van der Waals surface area (Å²) in [4.78, 5) is 52.4. The number of hydrogen-bond acceptors (Lipinski definition) is 5. The van der Waals surface area contributed by atoms with Gasteiger partial charge in [0.2, 0.25) is 11.8 Å². The third-order valence-electron chi connectivity index (χ3n) is 5.95. The Morgan fingerprint density at radius 2 is 2.10 bits per heavy atom. The van der Waals surface area contributed by atoms with Crippen LogP contribution in [-0.4, -0.2) is 66.3 Å². The number of rotatable bonds is 6. The Hall–Kier alpha value is -3.10. The van der Waals surface area contributed by atoms with E-state index in [-0.39, 0.29) is 24.9 Å². The van der Waals surface area contributed by atoms with Crippen LogP contribution in [0, 0.1) is 5.92 Å². The van der Waals surface area contributed by atoms with Gasteiger partial charge in [-0.1, -0.05) is 25.8 Å². The Morgan fingerprint density at radius 3 is 2.80 bits per heavy atom. The Kier molecular flexibility index (Phi) is 6.28. The lowest BCUT2D eigenvalue weighted by Gasteiger charge is -2.36. The Labute approximate surface area is 175 Å². The minimum atomic E-state index is -0.905. The molecule has 1 aromatic carbocycles. The highest BCUT2D eigenvalue weighted by molar-refractivity contribution is 6.09. The smallest absolute Gasteiger partial charge is 0.325 e. The van der Waals surface area contributed by atoms with E-state index in [1.807, 2.05) is 6.92 Å². The van der Waals surface area contributed by atoms with Crippen LogP contribution in [0.3, 0.4) is 0 Å². The Morgan fingerprint density at radius 1 is 1.33 bits per heavy atom. The minimum Gasteiger partial charge on any atom is -0.497 e. The Bertz CT molecular complexity index is 858. The van der Waals surface area contributed by atoms with E-state index in [0.717, 1.165) is 24.2 Å². The molecule has 0 radical (unpaired) electrons. The van der Waals surface area contributed by atoms with Gasteiger partial charge in [0.1, 0.15) is 17.8 Å². The van der Waals surface area contributed by atoms with Crippen LogP contribution in [-0.2, 0) is 14.4 Å². The molecule has 1 aliphatic carbocycles. The zero-order valence-corrected chi connectivity index (χ0v) is 17.6. The molecule has 2 fully saturated rings. The van der Waals surface area contributed by atoms with Gasteiger partial charge in [-0.3, -0.25) is 19.3 Å². The molecule has 1 aromatic rings. The molecule has 2 atom stereocenters. The number of benzene rings is 1. The first-order valence-corrected chi connectivity index (χ1v) is 10.1. The number of amides is 5. The molecule has 1 saturated heterocycles. The van der Waals surface area contributed by atoms with Gasteiger partial charge in [-0.15, -0.1) is 0 Å². The fraction of sp³-hybridized carbons (Fsp3) is 0.524. The fourth-order valence-electron chi connectivity index (χ4n) is 4.10. The van der Waals surface area contributed by atoms with Crippen molar-refractivity contribution in [2.75, 3.05) is 32.6 Å². The van der Waals surface area contributed by atoms with E-state index in [9.17, 15) is 19.2 Å². The van der Waals surface area contributed by atoms with Gasteiger partial charge in [0.25, 0.3) is 5.91 Å². The predicted octanol–water partition coefficient (Wildman–Crippen LogP) is 1.59. The first-order chi connectivity index (χ1) is 14.3. The second-order valence-electron chi connectivity index (χ2n) is 7.97. The molecule has 2 N–H and O–H groups in total. The largest absolute Gasteiger partial charge is 0.497 e. The van der Waals surface area contributed by atoms with Crippen molar-refractivity contribution < 1.29 is 23.9 Å². The van der Waals surface area contributed by atoms with Gasteiger partial charge in [0.15, 0.2) is 0 Å². The second kappa shape index (κ2) is 8.73. The lowest BCUT2D eigenvalue weighted by Crippen LogP contribution is -2.54. The summed E-state index contributed by atoms with van der Waals surface area (Å²) in [5.41, 5.74) is -0.361. The molecule has 1 spiro atoms. The average molecular weight is 416 g/mol. The highest BCUT2D eigenvalue weighted by atomic mass is 16.5. The second-order valence-corrected chi connectivity index (χ2v) is 7.97. The molecule has 0 aromatic heterocycles. The summed E-state index contributed by atoms with van der Waals surface area (Å²) in [6.45, 7) is 1.36. The van der Waals surface area contributed by atoms with Gasteiger partial charge in [-0.25, -0.2) is 4.79 Å². The van der Waals surface area contributed by atoms with Crippen molar-refractivity contribution in [3.8, 4) is 5.75 Å². The van der Waals surface area contributed by atoms with Gasteiger partial charge in [-0.05, 0) is 30.9 Å². The van der Waals surface area contributed by atoms with Crippen molar-refractivity contribution in [2.45, 2.75) is 38.1 Å². The van der Waals surface area contributed by atoms with Crippen LogP contribution in [0.5, 0.6) is 5.75 Å². The molecule has 0 unspecified atom stereocenters. The maximum absolute atomic E-state index is 13.0. The zero-order valence-electron chi connectivity index (χ0n) is 17.6. The van der Waals surface area contributed by atoms with Gasteiger partial charge in [0.05, 0.1) is 13.7 Å². The van der Waals surface area contributed by atoms with E-state index in [1.54, 1.807) is 24.3 Å². The Balaban J connectivity index is 1.58. The quantitative estimate of drug-likeness (QED) is 0.685. The number of nitrogens with one attached hydrogen (secondary N) is 2. The van der Waals surface area contributed by atoms with Crippen molar-refractivity contribution >= 4 is 29.4 Å². The molecular weight excluding hydrogens is 388 g/mol. The summed E-state index contributed by atoms with van der Waals surface area (Å²) in [5.74, 6) is -0.605. The number of hydrogen-bond donors (Lipinski definition) is 2. The monoisotopic (exact) mass is 416 g/mol. The SMILES string of the molecule is COc1cccc(NC(=O)CN(C)C(=O)CN2C(=O)N[C@]3(CCCC[C@@H]3C)C2=O)c1. The molecule has 1 heterocycles. The number of imide groups is 1. The number of nitrogens with zero attached hydrogens (tertiary/aromatic N) is 2. The molecular formula is C21H28N4O5. The summed E-state index contributed by atoms with van der Waals surface area (Å²) < 4.78 is 5.11. The molecule has 0 bridgehead atoms. The zero-order chi connectivity index (χ0) is 21.9. The standard InChI is InChI=1S/C21H28N4O5/c1-14-7-4-5-10-21(14)19(28)25(20(29)23-21)13-18(27)24(2)12-17(26)22-15-8-6-9-16(11-15)30-3/h6,8-9,11,14H,4-5,7,10,12-13H2,1-3H3,(H,22,26)(H,23,29)/t14-,21-/m0/s1. The van der Waals surface area contributed by atoms with Crippen LogP contribution in [0.15, 0.2) is 24.3 Å². The highest BCUT2D eigenvalue weighted by Crippen LogP contribution is 2.38. The number of carbonyl (C=O) groups excluding carboxylic acids is 4. The summed E-state index contributed by atoms with van der Waals surface area (Å²) >= 11 is 0. The third kappa shape index (κ3) is 4.24. The maximum atomic E-state index is 13.0. The maximum Gasteiger partial charge on any atom is 0.325 e. The van der Waals surface area contributed by atoms with Gasteiger partial charge in [-0.2, -0.15) is 0 Å². The average Bonchev–Trinajstić information content (AvgIpc) is 2.95. The number of ether oxygens (including phenoxy) is 1. The lowest BCUT2D eigenvalue weighted by molar-refractivity contribution is -0.140. The fourth-order valence-corrected chi connectivity index (χ4v) is 4.10. The van der Waals surface area contributed by atoms with Crippen molar-refractivity contribution in [3.05, 3.63) is 24.3 Å². The van der Waals surface area contributed by atoms with Crippen molar-refractivity contribution in [1.82, 2.24) is 15.1 Å². The van der Waals surface area contributed by atoms with Crippen LogP contribution in [0.2, 0.25) is 0 Å². The van der Waals surface area contributed by atoms with Crippen LogP contribution in [0.4, 0.5) is 10.5 Å². The third-order valence-corrected chi connectivity index (χ3v) is 5.95. The first kappa shape index (κ1) is 21.6.